The minimum Gasteiger partial charge on any atom is -0.481 e. The fourth-order valence-electron chi connectivity index (χ4n) is 3.53. The van der Waals surface area contributed by atoms with Gasteiger partial charge in [-0.3, -0.25) is 4.79 Å². The summed E-state index contributed by atoms with van der Waals surface area (Å²) >= 11 is 0. The molecule has 7 nitrogen and oxygen atoms in total. The first-order valence-electron chi connectivity index (χ1n) is 12.1. The van der Waals surface area contributed by atoms with Crippen molar-refractivity contribution in [2.45, 2.75) is 43.1 Å². The largest absolute Gasteiger partial charge is 0.512 e. The highest BCUT2D eigenvalue weighted by Gasteiger charge is 2.55. The summed E-state index contributed by atoms with van der Waals surface area (Å²) in [5.74, 6) is -0.702. The lowest BCUT2D eigenvalue weighted by Gasteiger charge is -2.22. The number of benzene rings is 3. The molecule has 0 fully saturated rings. The number of rotatable bonds is 11. The van der Waals surface area contributed by atoms with Crippen molar-refractivity contribution < 1.29 is 53.1 Å². The summed E-state index contributed by atoms with van der Waals surface area (Å²) in [5, 5.41) is 12.9. The molecule has 0 heterocycles. The second-order valence-electron chi connectivity index (χ2n) is 8.57. The molecule has 3 aromatic carbocycles. The molecule has 0 unspecified atom stereocenters. The molecule has 3 rings (SSSR count). The highest BCUT2D eigenvalue weighted by molar-refractivity contribution is 8.05. The minimum absolute atomic E-state index is 0.266. The molecule has 0 bridgehead atoms. The van der Waals surface area contributed by atoms with Crippen molar-refractivity contribution in [3.8, 4) is 0 Å². The number of carboxylic acid groups (broad SMARTS) is 1. The second kappa shape index (κ2) is 14.9. The van der Waals surface area contributed by atoms with Crippen LogP contribution >= 0.6 is 7.92 Å². The SMILES string of the molecule is O=C(O)CCCCCc1ccccc1P(c1ccccc1)c1ccccc1.O=S(=O)(NS(=O)(=O)C(F)(F)F)C(F)(F)F. The smallest absolute Gasteiger partial charge is 0.481 e. The zero-order valence-electron chi connectivity index (χ0n) is 21.6. The number of carbonyl (C=O) groups is 1. The van der Waals surface area contributed by atoms with Gasteiger partial charge in [0.2, 0.25) is 0 Å². The molecule has 0 aliphatic heterocycles. The van der Waals surface area contributed by atoms with E-state index in [0.29, 0.717) is 0 Å². The fourth-order valence-corrected chi connectivity index (χ4v) is 7.94. The van der Waals surface area contributed by atoms with Crippen molar-refractivity contribution in [1.29, 1.82) is 0 Å². The lowest BCUT2D eigenvalue weighted by molar-refractivity contribution is -0.137. The Morgan fingerprint density at radius 1 is 0.667 bits per heavy atom. The first kappa shape index (κ1) is 35.2. The molecule has 2 N–H and O–H groups in total. The van der Waals surface area contributed by atoms with Crippen molar-refractivity contribution >= 4 is 49.9 Å². The van der Waals surface area contributed by atoms with Gasteiger partial charge in [0.05, 0.1) is 0 Å². The van der Waals surface area contributed by atoms with Crippen LogP contribution in [0.4, 0.5) is 26.3 Å². The van der Waals surface area contributed by atoms with Crippen molar-refractivity contribution in [1.82, 2.24) is 4.13 Å². The average molecular weight is 658 g/mol. The molecule has 230 valence electrons. The predicted octanol–water partition coefficient (Wildman–Crippen LogP) is 4.91. The van der Waals surface area contributed by atoms with Gasteiger partial charge in [0.25, 0.3) is 0 Å². The maximum atomic E-state index is 11.5. The molecule has 0 spiro atoms. The van der Waals surface area contributed by atoms with E-state index in [1.54, 1.807) is 0 Å². The number of hydrogen-bond donors (Lipinski definition) is 2. The molecule has 0 saturated heterocycles. The van der Waals surface area contributed by atoms with E-state index in [9.17, 15) is 48.0 Å². The summed E-state index contributed by atoms with van der Waals surface area (Å²) in [5.41, 5.74) is -10.9. The molecule has 0 aliphatic rings. The zero-order valence-corrected chi connectivity index (χ0v) is 24.2. The lowest BCUT2D eigenvalue weighted by Crippen LogP contribution is -2.45. The van der Waals surface area contributed by atoms with Crippen molar-refractivity contribution in [3.05, 3.63) is 90.5 Å². The van der Waals surface area contributed by atoms with Crippen LogP contribution in [-0.2, 0) is 31.3 Å². The van der Waals surface area contributed by atoms with Crippen LogP contribution < -0.4 is 20.0 Å². The molecular formula is C26H26F6NO6PS2. The van der Waals surface area contributed by atoms with Gasteiger partial charge in [0, 0.05) is 6.42 Å². The molecule has 0 radical (unpaired) electrons. The Kier molecular flexibility index (Phi) is 12.5. The van der Waals surface area contributed by atoms with E-state index < -0.39 is 49.1 Å². The summed E-state index contributed by atoms with van der Waals surface area (Å²) in [6.07, 6.45) is 3.99. The number of sulfonamides is 2. The molecule has 0 amide bonds. The normalized spacial score (nSPS) is 12.5. The van der Waals surface area contributed by atoms with E-state index in [0.717, 1.165) is 25.7 Å². The number of nitrogens with one attached hydrogen (secondary N) is 1. The second-order valence-corrected chi connectivity index (χ2v) is 14.4. The van der Waals surface area contributed by atoms with E-state index in [1.165, 1.54) is 21.5 Å². The maximum absolute atomic E-state index is 11.5. The first-order valence-corrected chi connectivity index (χ1v) is 16.4. The summed E-state index contributed by atoms with van der Waals surface area (Å²) in [4.78, 5) is 10.7. The molecular weight excluding hydrogens is 631 g/mol. The van der Waals surface area contributed by atoms with Gasteiger partial charge in [-0.25, -0.2) is 16.8 Å². The van der Waals surface area contributed by atoms with Gasteiger partial charge in [0.15, 0.2) is 0 Å². The van der Waals surface area contributed by atoms with Gasteiger partial charge in [-0.05, 0) is 48.7 Å². The Balaban J connectivity index is 0.000000351. The summed E-state index contributed by atoms with van der Waals surface area (Å²) in [7, 11) is -13.8. The summed E-state index contributed by atoms with van der Waals surface area (Å²) in [6.45, 7) is 0. The van der Waals surface area contributed by atoms with Gasteiger partial charge in [-0.15, -0.1) is 0 Å². The zero-order chi connectivity index (χ0) is 31.6. The molecule has 3 aromatic rings. The quantitative estimate of drug-likeness (QED) is 0.172. The van der Waals surface area contributed by atoms with Crippen molar-refractivity contribution in [2.24, 2.45) is 0 Å². The lowest BCUT2D eigenvalue weighted by atomic mass is 10.1. The topological polar surface area (TPSA) is 118 Å². The van der Waals surface area contributed by atoms with Crippen molar-refractivity contribution in [2.75, 3.05) is 0 Å². The maximum Gasteiger partial charge on any atom is 0.512 e. The Morgan fingerprint density at radius 3 is 1.52 bits per heavy atom. The number of carboxylic acids is 1. The van der Waals surface area contributed by atoms with Gasteiger partial charge in [0.1, 0.15) is 0 Å². The van der Waals surface area contributed by atoms with Gasteiger partial charge < -0.3 is 5.11 Å². The van der Waals surface area contributed by atoms with E-state index >= 15 is 0 Å². The molecule has 0 atom stereocenters. The van der Waals surface area contributed by atoms with E-state index in [1.807, 2.05) is 0 Å². The van der Waals surface area contributed by atoms with Crippen LogP contribution in [0.3, 0.4) is 0 Å². The molecule has 0 saturated carbocycles. The fraction of sp³-hybridized carbons (Fsp3) is 0.269. The number of alkyl halides is 6. The monoisotopic (exact) mass is 657 g/mol. The Hall–Kier alpha value is -3.00. The molecule has 16 heteroatoms. The van der Waals surface area contributed by atoms with E-state index in [4.69, 9.17) is 5.11 Å². The third kappa shape index (κ3) is 10.4. The van der Waals surface area contributed by atoms with Crippen LogP contribution in [0.5, 0.6) is 0 Å². The van der Waals surface area contributed by atoms with Crippen LogP contribution in [0.1, 0.15) is 31.2 Å². The Morgan fingerprint density at radius 2 is 1.10 bits per heavy atom. The number of hydrogen-bond acceptors (Lipinski definition) is 5. The number of unbranched alkanes of at least 4 members (excludes halogenated alkanes) is 2. The summed E-state index contributed by atoms with van der Waals surface area (Å²) in [6, 6.07) is 30.2. The van der Waals surface area contributed by atoms with E-state index in [2.05, 4.69) is 84.9 Å². The first-order chi connectivity index (χ1) is 19.5. The minimum atomic E-state index is -6.60. The standard InChI is InChI=1S/C24H25O2P.C2HF6NO4S2/c25-24(26)19-9-1-4-12-20-13-10-11-18-23(20)27(21-14-5-2-6-15-21)22-16-7-3-8-17-22;3-1(4,5)14(10,11)9-15(12,13)2(6,7)8/h2-3,5-8,10-11,13-18H,1,4,9,12,19H2,(H,25,26);9H. The van der Waals surface area contributed by atoms with Crippen LogP contribution in [0.15, 0.2) is 84.9 Å². The van der Waals surface area contributed by atoms with Gasteiger partial charge in [-0.2, -0.15) is 26.3 Å². The van der Waals surface area contributed by atoms with Crippen molar-refractivity contribution in [3.63, 3.8) is 0 Å². The van der Waals surface area contributed by atoms with Crippen LogP contribution in [0, 0.1) is 0 Å². The molecule has 0 aromatic heterocycles. The van der Waals surface area contributed by atoms with Crippen LogP contribution in [0.25, 0.3) is 0 Å². The van der Waals surface area contributed by atoms with E-state index in [-0.39, 0.29) is 6.42 Å². The molecule has 42 heavy (non-hydrogen) atoms. The number of halogens is 6. The number of aliphatic carboxylic acids is 1. The third-order valence-electron chi connectivity index (χ3n) is 5.43. The highest BCUT2D eigenvalue weighted by Crippen LogP contribution is 2.34. The Labute approximate surface area is 240 Å². The van der Waals surface area contributed by atoms with Gasteiger partial charge in [-0.1, -0.05) is 95.5 Å². The predicted molar refractivity (Wildman–Crippen MR) is 148 cm³/mol. The average Bonchev–Trinajstić information content (AvgIpc) is 2.89. The highest BCUT2D eigenvalue weighted by atomic mass is 32.3. The summed E-state index contributed by atoms with van der Waals surface area (Å²) < 4.78 is 108. The van der Waals surface area contributed by atoms with Crippen LogP contribution in [0.2, 0.25) is 0 Å². The molecule has 0 aliphatic carbocycles. The van der Waals surface area contributed by atoms with Gasteiger partial charge >= 0.3 is 37.0 Å². The number of aryl methyl sites for hydroxylation is 1. The Bertz CT molecular complexity index is 1440. The van der Waals surface area contributed by atoms with Crippen LogP contribution in [-0.4, -0.2) is 38.9 Å². The third-order valence-corrected chi connectivity index (χ3v) is 10.9.